The molecule has 0 radical (unpaired) electrons. The minimum Gasteiger partial charge on any atom is -0.205 e. The van der Waals surface area contributed by atoms with Gasteiger partial charge in [-0.25, -0.2) is 4.21 Å². The molecule has 0 saturated heterocycles. The highest BCUT2D eigenvalue weighted by atomic mass is 32.8. The number of allylic oxidation sites excluding steroid dienone is 1. The van der Waals surface area contributed by atoms with Gasteiger partial charge in [0.15, 0.2) is 0 Å². The van der Waals surface area contributed by atoms with E-state index >= 15 is 0 Å². The van der Waals surface area contributed by atoms with Crippen molar-refractivity contribution < 1.29 is 4.21 Å². The smallest absolute Gasteiger partial charge is 0.129 e. The molecular formula is C9H8OS2. The first-order chi connectivity index (χ1) is 5.83. The Morgan fingerprint density at radius 2 is 2.08 bits per heavy atom. The zero-order valence-electron chi connectivity index (χ0n) is 6.61. The van der Waals surface area contributed by atoms with E-state index in [1.54, 1.807) is 0 Å². The van der Waals surface area contributed by atoms with Crippen molar-refractivity contribution in [2.45, 2.75) is 11.8 Å². The quantitative estimate of drug-likeness (QED) is 0.621. The van der Waals surface area contributed by atoms with Crippen LogP contribution in [0.2, 0.25) is 0 Å². The third-order valence-electron chi connectivity index (χ3n) is 1.89. The van der Waals surface area contributed by atoms with Crippen molar-refractivity contribution in [1.82, 2.24) is 0 Å². The predicted molar refractivity (Wildman–Crippen MR) is 53.9 cm³/mol. The second-order valence-corrected chi connectivity index (χ2v) is 5.55. The first kappa shape index (κ1) is 7.95. The van der Waals surface area contributed by atoms with Crippen LogP contribution in [0.3, 0.4) is 0 Å². The summed E-state index contributed by atoms with van der Waals surface area (Å²) in [6.45, 7) is 2.06. The summed E-state index contributed by atoms with van der Waals surface area (Å²) in [6, 6.07) is 8.11. The van der Waals surface area contributed by atoms with Crippen molar-refractivity contribution in [3.8, 4) is 0 Å². The molecule has 1 aliphatic rings. The molecule has 12 heavy (non-hydrogen) atoms. The number of rotatable bonds is 0. The number of fused-ring (bicyclic) bond motifs is 1. The van der Waals surface area contributed by atoms with E-state index in [9.17, 15) is 4.21 Å². The second-order valence-electron chi connectivity index (χ2n) is 2.66. The van der Waals surface area contributed by atoms with Crippen LogP contribution in [0.5, 0.6) is 0 Å². The second kappa shape index (κ2) is 2.99. The van der Waals surface area contributed by atoms with Gasteiger partial charge in [0.1, 0.15) is 10.2 Å². The summed E-state index contributed by atoms with van der Waals surface area (Å²) in [5.41, 5.74) is 2.47. The van der Waals surface area contributed by atoms with Crippen LogP contribution in [0.1, 0.15) is 12.5 Å². The standard InChI is InChI=1S/C9H8OS2/c1-7-6-12(11-10)9-5-3-2-4-8(7)9/h2-6H,1H3. The molecule has 0 saturated carbocycles. The molecule has 0 spiro atoms. The lowest BCUT2D eigenvalue weighted by Gasteiger charge is -1.97. The van der Waals surface area contributed by atoms with Gasteiger partial charge in [0, 0.05) is 4.90 Å². The fourth-order valence-corrected chi connectivity index (χ4v) is 3.86. The lowest BCUT2D eigenvalue weighted by molar-refractivity contribution is 0.701. The maximum absolute atomic E-state index is 10.7. The van der Waals surface area contributed by atoms with Gasteiger partial charge >= 0.3 is 0 Å². The van der Waals surface area contributed by atoms with Crippen LogP contribution in [0.15, 0.2) is 34.6 Å². The fraction of sp³-hybridized carbons (Fsp3) is 0.111. The van der Waals surface area contributed by atoms with Gasteiger partial charge in [0.05, 0.1) is 0 Å². The largest absolute Gasteiger partial charge is 0.205 e. The number of benzene rings is 1. The minimum absolute atomic E-state index is 0.240. The van der Waals surface area contributed by atoms with Crippen molar-refractivity contribution in [3.63, 3.8) is 0 Å². The third-order valence-corrected chi connectivity index (χ3v) is 4.66. The van der Waals surface area contributed by atoms with Gasteiger partial charge in [-0.15, -0.1) is 0 Å². The van der Waals surface area contributed by atoms with E-state index in [0.29, 0.717) is 10.2 Å². The highest BCUT2D eigenvalue weighted by molar-refractivity contribution is 8.33. The molecule has 1 aromatic rings. The van der Waals surface area contributed by atoms with E-state index in [2.05, 4.69) is 18.4 Å². The number of hydrogen-bond donors (Lipinski definition) is 0. The van der Waals surface area contributed by atoms with Gasteiger partial charge in [0.2, 0.25) is 0 Å². The maximum Gasteiger partial charge on any atom is 0.129 e. The summed E-state index contributed by atoms with van der Waals surface area (Å²) in [5.74, 6) is 0. The molecule has 0 amide bonds. The van der Waals surface area contributed by atoms with Crippen molar-refractivity contribution in [2.24, 2.45) is 0 Å². The highest BCUT2D eigenvalue weighted by Crippen LogP contribution is 2.29. The molecule has 0 aromatic heterocycles. The molecule has 1 aromatic carbocycles. The Morgan fingerprint density at radius 3 is 2.83 bits per heavy atom. The van der Waals surface area contributed by atoms with Crippen LogP contribution < -0.4 is 0 Å². The van der Waals surface area contributed by atoms with Crippen LogP contribution in [0.25, 0.3) is 5.57 Å². The SMILES string of the molecule is CC1=CS(=S=O)c2ccccc21. The van der Waals surface area contributed by atoms with E-state index in [-0.39, 0.29) is 9.45 Å². The van der Waals surface area contributed by atoms with Crippen LogP contribution in [0.4, 0.5) is 0 Å². The summed E-state index contributed by atoms with van der Waals surface area (Å²) >= 11 is 0. The fourth-order valence-electron chi connectivity index (χ4n) is 1.31. The Labute approximate surface area is 76.8 Å². The lowest BCUT2D eigenvalue weighted by atomic mass is 10.1. The molecule has 0 aliphatic carbocycles. The Kier molecular flexibility index (Phi) is 1.98. The molecule has 62 valence electrons. The molecular weight excluding hydrogens is 188 g/mol. The molecule has 1 aliphatic heterocycles. The zero-order chi connectivity index (χ0) is 8.55. The topological polar surface area (TPSA) is 17.1 Å². The van der Waals surface area contributed by atoms with Crippen molar-refractivity contribution in [3.05, 3.63) is 35.2 Å². The third kappa shape index (κ3) is 1.09. The molecule has 1 unspecified atom stereocenters. The Morgan fingerprint density at radius 1 is 1.33 bits per heavy atom. The van der Waals surface area contributed by atoms with Gasteiger partial charge in [-0.2, -0.15) is 0 Å². The highest BCUT2D eigenvalue weighted by Gasteiger charge is 2.13. The lowest BCUT2D eigenvalue weighted by Crippen LogP contribution is -1.82. The summed E-state index contributed by atoms with van der Waals surface area (Å²) in [4.78, 5) is 1.19. The normalized spacial score (nSPS) is 20.1. The Hall–Kier alpha value is -0.670. The maximum atomic E-state index is 10.7. The number of hydrogen-bond acceptors (Lipinski definition) is 1. The average Bonchev–Trinajstić information content (AvgIpc) is 2.44. The van der Waals surface area contributed by atoms with E-state index in [1.807, 2.05) is 18.2 Å². The van der Waals surface area contributed by atoms with Crippen molar-refractivity contribution in [1.29, 1.82) is 0 Å². The molecule has 0 fully saturated rings. The van der Waals surface area contributed by atoms with Gasteiger partial charge in [-0.1, -0.05) is 18.2 Å². The molecule has 2 rings (SSSR count). The summed E-state index contributed by atoms with van der Waals surface area (Å²) < 4.78 is 10.7. The van der Waals surface area contributed by atoms with Crippen LogP contribution in [-0.4, -0.2) is 4.21 Å². The van der Waals surface area contributed by atoms with Crippen LogP contribution in [-0.2, 0) is 19.7 Å². The molecule has 0 bridgehead atoms. The monoisotopic (exact) mass is 196 g/mol. The van der Waals surface area contributed by atoms with Gasteiger partial charge in [-0.3, -0.25) is 0 Å². The molecule has 0 N–H and O–H groups in total. The van der Waals surface area contributed by atoms with Crippen LogP contribution in [0, 0.1) is 0 Å². The summed E-state index contributed by atoms with van der Waals surface area (Å²) in [6.07, 6.45) is 0. The Balaban J connectivity index is 2.76. The minimum atomic E-state index is -0.240. The molecule has 1 nitrogen and oxygen atoms in total. The zero-order valence-corrected chi connectivity index (χ0v) is 8.24. The molecule has 1 atom stereocenters. The first-order valence-electron chi connectivity index (χ1n) is 3.64. The predicted octanol–water partition coefficient (Wildman–Crippen LogP) is 2.17. The molecule has 1 heterocycles. The van der Waals surface area contributed by atoms with E-state index in [4.69, 9.17) is 0 Å². The van der Waals surface area contributed by atoms with Gasteiger partial charge in [0.25, 0.3) is 0 Å². The first-order valence-corrected chi connectivity index (χ1v) is 6.19. The van der Waals surface area contributed by atoms with Crippen molar-refractivity contribution in [2.75, 3.05) is 0 Å². The molecule has 3 heteroatoms. The van der Waals surface area contributed by atoms with Crippen LogP contribution >= 0.6 is 0 Å². The van der Waals surface area contributed by atoms with E-state index in [0.717, 1.165) is 0 Å². The van der Waals surface area contributed by atoms with E-state index < -0.39 is 0 Å². The summed E-state index contributed by atoms with van der Waals surface area (Å²) in [7, 11) is 0.440. The van der Waals surface area contributed by atoms with Gasteiger partial charge in [-0.05, 0) is 39.0 Å². The van der Waals surface area contributed by atoms with Gasteiger partial charge < -0.3 is 0 Å². The average molecular weight is 196 g/mol. The van der Waals surface area contributed by atoms with E-state index in [1.165, 1.54) is 16.0 Å². The van der Waals surface area contributed by atoms with Crippen molar-refractivity contribution >= 4 is 25.3 Å². The Bertz CT molecular complexity index is 414. The summed E-state index contributed by atoms with van der Waals surface area (Å²) in [5, 5.41) is 2.06.